The van der Waals surface area contributed by atoms with E-state index in [4.69, 9.17) is 4.74 Å². The average molecular weight is 264 g/mol. The predicted octanol–water partition coefficient (Wildman–Crippen LogP) is 3.60. The summed E-state index contributed by atoms with van der Waals surface area (Å²) in [5.74, 6) is 0.330. The van der Waals surface area contributed by atoms with Gasteiger partial charge in [0.1, 0.15) is 0 Å². The highest BCUT2D eigenvalue weighted by atomic mass is 16.6. The Hall–Kier alpha value is -1.78. The highest BCUT2D eigenvalue weighted by molar-refractivity contribution is 5.58. The lowest BCUT2D eigenvalue weighted by atomic mass is 9.70. The summed E-state index contributed by atoms with van der Waals surface area (Å²) in [5.41, 5.74) is 1.26. The number of anilines is 1. The van der Waals surface area contributed by atoms with Crippen LogP contribution in [0.25, 0.3) is 0 Å². The summed E-state index contributed by atoms with van der Waals surface area (Å²) in [6.07, 6.45) is 3.78. The Morgan fingerprint density at radius 1 is 1.47 bits per heavy atom. The van der Waals surface area contributed by atoms with Crippen molar-refractivity contribution in [3.8, 4) is 5.75 Å². The number of nitro groups is 1. The Morgan fingerprint density at radius 3 is 2.74 bits per heavy atom. The summed E-state index contributed by atoms with van der Waals surface area (Å²) < 4.78 is 5.33. The number of ether oxygens (including phenoxy) is 1. The van der Waals surface area contributed by atoms with Crippen LogP contribution in [0.1, 0.15) is 33.1 Å². The van der Waals surface area contributed by atoms with Crippen LogP contribution >= 0.6 is 0 Å². The molecule has 2 rings (SSSR count). The zero-order valence-corrected chi connectivity index (χ0v) is 11.4. The van der Waals surface area contributed by atoms with E-state index in [1.165, 1.54) is 25.3 Å². The number of benzene rings is 1. The number of rotatable bonds is 6. The van der Waals surface area contributed by atoms with Gasteiger partial charge in [-0.3, -0.25) is 10.1 Å². The minimum atomic E-state index is -0.415. The van der Waals surface area contributed by atoms with E-state index >= 15 is 0 Å². The summed E-state index contributed by atoms with van der Waals surface area (Å²) in [7, 11) is 0. The van der Waals surface area contributed by atoms with Crippen molar-refractivity contribution in [3.63, 3.8) is 0 Å². The normalized spacial score (nSPS) is 16.5. The third-order valence-electron chi connectivity index (χ3n) is 3.74. The molecule has 0 unspecified atom stereocenters. The first-order valence-electron chi connectivity index (χ1n) is 6.69. The van der Waals surface area contributed by atoms with Crippen molar-refractivity contribution in [2.75, 3.05) is 18.5 Å². The molecule has 1 aliphatic carbocycles. The van der Waals surface area contributed by atoms with Crippen LogP contribution in [0.4, 0.5) is 11.4 Å². The highest BCUT2D eigenvalue weighted by Crippen LogP contribution is 2.40. The van der Waals surface area contributed by atoms with Gasteiger partial charge in [-0.05, 0) is 31.2 Å². The summed E-state index contributed by atoms with van der Waals surface area (Å²) in [4.78, 5) is 10.5. The molecule has 0 saturated heterocycles. The topological polar surface area (TPSA) is 64.4 Å². The summed E-state index contributed by atoms with van der Waals surface area (Å²) >= 11 is 0. The fourth-order valence-electron chi connectivity index (χ4n) is 2.32. The Balaban J connectivity index is 2.08. The maximum Gasteiger partial charge on any atom is 0.311 e. The van der Waals surface area contributed by atoms with Gasteiger partial charge in [-0.15, -0.1) is 0 Å². The van der Waals surface area contributed by atoms with Crippen molar-refractivity contribution in [2.45, 2.75) is 33.1 Å². The predicted molar refractivity (Wildman–Crippen MR) is 74.7 cm³/mol. The molecule has 0 radical (unpaired) electrons. The molecule has 0 amide bonds. The van der Waals surface area contributed by atoms with Crippen molar-refractivity contribution < 1.29 is 9.66 Å². The van der Waals surface area contributed by atoms with Crippen LogP contribution in [0, 0.1) is 15.5 Å². The van der Waals surface area contributed by atoms with Gasteiger partial charge in [0.05, 0.1) is 11.5 Å². The van der Waals surface area contributed by atoms with Gasteiger partial charge >= 0.3 is 5.69 Å². The first-order valence-corrected chi connectivity index (χ1v) is 6.69. The lowest BCUT2D eigenvalue weighted by Crippen LogP contribution is -2.33. The van der Waals surface area contributed by atoms with Gasteiger partial charge in [-0.1, -0.05) is 13.3 Å². The van der Waals surface area contributed by atoms with Crippen molar-refractivity contribution in [2.24, 2.45) is 5.41 Å². The largest absolute Gasteiger partial charge is 0.487 e. The quantitative estimate of drug-likeness (QED) is 0.630. The number of nitrogens with zero attached hydrogens (tertiary/aromatic N) is 1. The van der Waals surface area contributed by atoms with Gasteiger partial charge < -0.3 is 10.1 Å². The molecular formula is C14H20N2O3. The van der Waals surface area contributed by atoms with Crippen molar-refractivity contribution in [1.29, 1.82) is 0 Å². The molecule has 1 aromatic carbocycles. The maximum absolute atomic E-state index is 10.9. The molecule has 1 fully saturated rings. The fraction of sp³-hybridized carbons (Fsp3) is 0.571. The van der Waals surface area contributed by atoms with Gasteiger partial charge in [0.15, 0.2) is 5.75 Å². The third kappa shape index (κ3) is 3.16. The summed E-state index contributed by atoms with van der Waals surface area (Å²) in [6.45, 7) is 5.40. The molecule has 5 nitrogen and oxygen atoms in total. The fourth-order valence-corrected chi connectivity index (χ4v) is 2.32. The van der Waals surface area contributed by atoms with Crippen LogP contribution in [0.2, 0.25) is 0 Å². The molecule has 0 spiro atoms. The SMILES string of the molecule is CCOc1cc(NCC2(C)CCC2)ccc1[N+](=O)[O-]. The molecule has 0 atom stereocenters. The molecule has 0 heterocycles. The molecule has 1 aromatic rings. The first kappa shape index (κ1) is 13.6. The molecule has 0 aliphatic heterocycles. The van der Waals surface area contributed by atoms with Crippen molar-refractivity contribution >= 4 is 11.4 Å². The van der Waals surface area contributed by atoms with Crippen LogP contribution < -0.4 is 10.1 Å². The molecule has 0 bridgehead atoms. The lowest BCUT2D eigenvalue weighted by Gasteiger charge is -2.38. The molecule has 1 saturated carbocycles. The van der Waals surface area contributed by atoms with Gasteiger partial charge in [0.25, 0.3) is 0 Å². The van der Waals surface area contributed by atoms with Crippen LogP contribution in [0.3, 0.4) is 0 Å². The van der Waals surface area contributed by atoms with Crippen LogP contribution in [-0.4, -0.2) is 18.1 Å². The molecule has 1 aliphatic rings. The second-order valence-corrected chi connectivity index (χ2v) is 5.39. The lowest BCUT2D eigenvalue weighted by molar-refractivity contribution is -0.385. The first-order chi connectivity index (χ1) is 9.04. The van der Waals surface area contributed by atoms with Crippen LogP contribution in [0.5, 0.6) is 5.75 Å². The number of nitrogens with one attached hydrogen (secondary N) is 1. The van der Waals surface area contributed by atoms with E-state index in [0.29, 0.717) is 17.8 Å². The second kappa shape index (κ2) is 5.47. The van der Waals surface area contributed by atoms with Crippen LogP contribution in [0.15, 0.2) is 18.2 Å². The minimum Gasteiger partial charge on any atom is -0.487 e. The second-order valence-electron chi connectivity index (χ2n) is 5.39. The Kier molecular flexibility index (Phi) is 3.93. The molecule has 5 heteroatoms. The van der Waals surface area contributed by atoms with E-state index in [0.717, 1.165) is 12.2 Å². The summed E-state index contributed by atoms with van der Waals surface area (Å²) in [5, 5.41) is 14.2. The third-order valence-corrected chi connectivity index (χ3v) is 3.74. The highest BCUT2D eigenvalue weighted by Gasteiger charge is 2.31. The standard InChI is InChI=1S/C14H20N2O3/c1-3-19-13-9-11(5-6-12(13)16(17)18)15-10-14(2)7-4-8-14/h5-6,9,15H,3-4,7-8,10H2,1-2H3. The number of hydrogen-bond acceptors (Lipinski definition) is 4. The minimum absolute atomic E-state index is 0.0160. The molecule has 104 valence electrons. The zero-order valence-electron chi connectivity index (χ0n) is 11.4. The molecule has 0 aromatic heterocycles. The van der Waals surface area contributed by atoms with E-state index in [9.17, 15) is 10.1 Å². The molecule has 19 heavy (non-hydrogen) atoms. The zero-order chi connectivity index (χ0) is 13.9. The van der Waals surface area contributed by atoms with E-state index in [1.807, 2.05) is 6.92 Å². The maximum atomic E-state index is 10.9. The number of nitro benzene ring substituents is 1. The van der Waals surface area contributed by atoms with E-state index < -0.39 is 4.92 Å². The number of hydrogen-bond donors (Lipinski definition) is 1. The molecule has 1 N–H and O–H groups in total. The van der Waals surface area contributed by atoms with Crippen molar-refractivity contribution in [3.05, 3.63) is 28.3 Å². The van der Waals surface area contributed by atoms with E-state index in [2.05, 4.69) is 12.2 Å². The van der Waals surface area contributed by atoms with Crippen LogP contribution in [-0.2, 0) is 0 Å². The van der Waals surface area contributed by atoms with E-state index in [1.54, 1.807) is 12.1 Å². The van der Waals surface area contributed by atoms with Gasteiger partial charge in [0.2, 0.25) is 0 Å². The Labute approximate surface area is 113 Å². The van der Waals surface area contributed by atoms with Crippen molar-refractivity contribution in [1.82, 2.24) is 0 Å². The van der Waals surface area contributed by atoms with Gasteiger partial charge in [-0.25, -0.2) is 0 Å². The monoisotopic (exact) mass is 264 g/mol. The smallest absolute Gasteiger partial charge is 0.311 e. The molecular weight excluding hydrogens is 244 g/mol. The average Bonchev–Trinajstić information content (AvgIpc) is 2.34. The Morgan fingerprint density at radius 2 is 2.21 bits per heavy atom. The van der Waals surface area contributed by atoms with Gasteiger partial charge in [0, 0.05) is 24.4 Å². The Bertz CT molecular complexity index is 470. The summed E-state index contributed by atoms with van der Waals surface area (Å²) in [6, 6.07) is 4.95. The van der Waals surface area contributed by atoms with Gasteiger partial charge in [-0.2, -0.15) is 0 Å². The van der Waals surface area contributed by atoms with E-state index in [-0.39, 0.29) is 5.69 Å².